The fourth-order valence-corrected chi connectivity index (χ4v) is 2.01. The fraction of sp³-hybridized carbons (Fsp3) is 0.222. The van der Waals surface area contributed by atoms with Crippen LogP contribution in [0.2, 0.25) is 0 Å². The lowest BCUT2D eigenvalue weighted by Crippen LogP contribution is -2.08. The van der Waals surface area contributed by atoms with Crippen molar-refractivity contribution in [2.75, 3.05) is 0 Å². The molecule has 0 fully saturated rings. The lowest BCUT2D eigenvalue weighted by molar-refractivity contribution is -0.138. The van der Waals surface area contributed by atoms with Crippen LogP contribution in [0.1, 0.15) is 25.7 Å². The number of aromatic hydroxyl groups is 1. The first-order valence-corrected chi connectivity index (χ1v) is 7.52. The lowest BCUT2D eigenvalue weighted by atomic mass is 10.2. The molecule has 0 heterocycles. The Morgan fingerprint density at radius 2 is 1.50 bits per heavy atom. The first-order valence-electron chi connectivity index (χ1n) is 7.52. The third-order valence-corrected chi connectivity index (χ3v) is 3.11. The summed E-state index contributed by atoms with van der Waals surface area (Å²) in [6, 6.07) is 13.0. The van der Waals surface area contributed by atoms with Crippen LogP contribution in [0.5, 0.6) is 23.0 Å². The molecule has 0 aliphatic carbocycles. The second-order valence-electron chi connectivity index (χ2n) is 5.15. The number of rotatable bonds is 8. The predicted molar refractivity (Wildman–Crippen MR) is 86.4 cm³/mol. The molecule has 0 radical (unpaired) electrons. The van der Waals surface area contributed by atoms with Gasteiger partial charge in [0.15, 0.2) is 0 Å². The van der Waals surface area contributed by atoms with E-state index in [9.17, 15) is 14.7 Å². The van der Waals surface area contributed by atoms with Gasteiger partial charge in [-0.1, -0.05) is 12.1 Å². The highest BCUT2D eigenvalue weighted by atomic mass is 16.5. The standard InChI is InChI=1S/C18H18O6/c19-13-5-3-6-14(11-13)23-15-7-4-8-16(12-15)24-18(22)10-2-1-9-17(20)21/h3-8,11-12,19H,1-2,9-10H2,(H,20,21). The molecule has 126 valence electrons. The van der Waals surface area contributed by atoms with Crippen molar-refractivity contribution < 1.29 is 29.3 Å². The Balaban J connectivity index is 1.88. The largest absolute Gasteiger partial charge is 0.508 e. The first-order chi connectivity index (χ1) is 11.5. The van der Waals surface area contributed by atoms with E-state index in [2.05, 4.69) is 0 Å². The number of hydrogen-bond donors (Lipinski definition) is 2. The van der Waals surface area contributed by atoms with Crippen LogP contribution in [0.3, 0.4) is 0 Å². The molecule has 0 amide bonds. The molecule has 0 saturated carbocycles. The zero-order valence-electron chi connectivity index (χ0n) is 13.0. The number of phenolic OH excluding ortho intramolecular Hbond substituents is 1. The number of carboxylic acid groups (broad SMARTS) is 1. The van der Waals surface area contributed by atoms with Crippen LogP contribution in [0.25, 0.3) is 0 Å². The molecule has 0 aliphatic heterocycles. The van der Waals surface area contributed by atoms with Crippen LogP contribution in [-0.4, -0.2) is 22.2 Å². The zero-order chi connectivity index (χ0) is 17.4. The lowest BCUT2D eigenvalue weighted by Gasteiger charge is -2.08. The number of aliphatic carboxylic acids is 1. The number of carbonyl (C=O) groups is 2. The Morgan fingerprint density at radius 1 is 0.875 bits per heavy atom. The number of phenols is 1. The van der Waals surface area contributed by atoms with Crippen molar-refractivity contribution in [2.24, 2.45) is 0 Å². The van der Waals surface area contributed by atoms with E-state index in [0.717, 1.165) is 0 Å². The average Bonchev–Trinajstić information content (AvgIpc) is 2.52. The predicted octanol–water partition coefficient (Wildman–Crippen LogP) is 3.73. The van der Waals surface area contributed by atoms with E-state index in [4.69, 9.17) is 14.6 Å². The van der Waals surface area contributed by atoms with E-state index in [-0.39, 0.29) is 18.6 Å². The third-order valence-electron chi connectivity index (χ3n) is 3.11. The summed E-state index contributed by atoms with van der Waals surface area (Å²) in [6.45, 7) is 0. The van der Waals surface area contributed by atoms with Gasteiger partial charge in [-0.25, -0.2) is 0 Å². The number of hydrogen-bond acceptors (Lipinski definition) is 5. The highest BCUT2D eigenvalue weighted by Gasteiger charge is 2.07. The molecule has 2 aromatic rings. The minimum Gasteiger partial charge on any atom is -0.508 e. The van der Waals surface area contributed by atoms with E-state index >= 15 is 0 Å². The van der Waals surface area contributed by atoms with Crippen molar-refractivity contribution in [3.05, 3.63) is 48.5 Å². The van der Waals surface area contributed by atoms with Gasteiger partial charge in [-0.05, 0) is 37.1 Å². The summed E-state index contributed by atoms with van der Waals surface area (Å²) in [5.74, 6) is 0.0753. The monoisotopic (exact) mass is 330 g/mol. The van der Waals surface area contributed by atoms with Gasteiger partial charge in [0.25, 0.3) is 0 Å². The Kier molecular flexibility index (Phi) is 6.19. The summed E-state index contributed by atoms with van der Waals surface area (Å²) in [5, 5.41) is 18.0. The van der Waals surface area contributed by atoms with Crippen molar-refractivity contribution in [1.29, 1.82) is 0 Å². The highest BCUT2D eigenvalue weighted by molar-refractivity contribution is 5.72. The van der Waals surface area contributed by atoms with Gasteiger partial charge in [-0.15, -0.1) is 0 Å². The van der Waals surface area contributed by atoms with Crippen molar-refractivity contribution in [2.45, 2.75) is 25.7 Å². The van der Waals surface area contributed by atoms with Gasteiger partial charge in [0.05, 0.1) is 0 Å². The van der Waals surface area contributed by atoms with E-state index in [1.54, 1.807) is 36.4 Å². The molecule has 0 spiro atoms. The van der Waals surface area contributed by atoms with E-state index in [0.29, 0.717) is 30.1 Å². The van der Waals surface area contributed by atoms with Gasteiger partial charge in [-0.2, -0.15) is 0 Å². The summed E-state index contributed by atoms with van der Waals surface area (Å²) in [5.41, 5.74) is 0. The molecule has 6 nitrogen and oxygen atoms in total. The van der Waals surface area contributed by atoms with E-state index < -0.39 is 11.9 Å². The van der Waals surface area contributed by atoms with Crippen molar-refractivity contribution in [3.63, 3.8) is 0 Å². The maximum atomic E-state index is 11.7. The number of carboxylic acids is 1. The van der Waals surface area contributed by atoms with Gasteiger partial charge in [-0.3, -0.25) is 9.59 Å². The smallest absolute Gasteiger partial charge is 0.311 e. The first kappa shape index (κ1) is 17.3. The summed E-state index contributed by atoms with van der Waals surface area (Å²) >= 11 is 0. The van der Waals surface area contributed by atoms with Gasteiger partial charge in [0.2, 0.25) is 0 Å². The van der Waals surface area contributed by atoms with Crippen LogP contribution in [0.4, 0.5) is 0 Å². The maximum absolute atomic E-state index is 11.7. The van der Waals surface area contributed by atoms with Gasteiger partial charge >= 0.3 is 11.9 Å². The van der Waals surface area contributed by atoms with Crippen LogP contribution in [-0.2, 0) is 9.59 Å². The number of carbonyl (C=O) groups excluding carboxylic acids is 1. The van der Waals surface area contributed by atoms with Crippen LogP contribution >= 0.6 is 0 Å². The average molecular weight is 330 g/mol. The molecule has 24 heavy (non-hydrogen) atoms. The number of benzene rings is 2. The molecule has 2 N–H and O–H groups in total. The molecule has 0 atom stereocenters. The summed E-state index contributed by atoms with van der Waals surface area (Å²) < 4.78 is 10.8. The molecular weight excluding hydrogens is 312 g/mol. The molecule has 2 aromatic carbocycles. The minimum atomic E-state index is -0.875. The van der Waals surface area contributed by atoms with Gasteiger partial charge in [0, 0.05) is 25.0 Å². The molecule has 0 bridgehead atoms. The van der Waals surface area contributed by atoms with Crippen molar-refractivity contribution >= 4 is 11.9 Å². The van der Waals surface area contributed by atoms with Crippen LogP contribution < -0.4 is 9.47 Å². The third kappa shape index (κ3) is 6.00. The molecule has 6 heteroatoms. The number of unbranched alkanes of at least 4 members (excludes halogenated alkanes) is 1. The second-order valence-corrected chi connectivity index (χ2v) is 5.15. The number of ether oxygens (including phenoxy) is 2. The Morgan fingerprint density at radius 3 is 2.21 bits per heavy atom. The van der Waals surface area contributed by atoms with Gasteiger partial charge < -0.3 is 19.7 Å². The topological polar surface area (TPSA) is 93.1 Å². The Hall–Kier alpha value is -3.02. The molecule has 0 aromatic heterocycles. The molecular formula is C18H18O6. The van der Waals surface area contributed by atoms with Gasteiger partial charge in [0.1, 0.15) is 23.0 Å². The van der Waals surface area contributed by atoms with Crippen LogP contribution in [0.15, 0.2) is 48.5 Å². The summed E-state index contributed by atoms with van der Waals surface area (Å²) in [7, 11) is 0. The van der Waals surface area contributed by atoms with Crippen LogP contribution in [0, 0.1) is 0 Å². The zero-order valence-corrected chi connectivity index (χ0v) is 13.0. The quantitative estimate of drug-likeness (QED) is 0.435. The van der Waals surface area contributed by atoms with E-state index in [1.807, 2.05) is 0 Å². The highest BCUT2D eigenvalue weighted by Crippen LogP contribution is 2.27. The molecule has 2 rings (SSSR count). The normalized spacial score (nSPS) is 10.2. The Bertz CT molecular complexity index is 710. The number of esters is 1. The molecule has 0 saturated heterocycles. The Labute approximate surface area is 139 Å². The fourth-order valence-electron chi connectivity index (χ4n) is 2.01. The molecule has 0 unspecified atom stereocenters. The summed E-state index contributed by atoms with van der Waals surface area (Å²) in [6.07, 6.45) is 1.10. The van der Waals surface area contributed by atoms with E-state index in [1.165, 1.54) is 12.1 Å². The van der Waals surface area contributed by atoms with Crippen molar-refractivity contribution in [1.82, 2.24) is 0 Å². The minimum absolute atomic E-state index is 0.0422. The summed E-state index contributed by atoms with van der Waals surface area (Å²) in [4.78, 5) is 22.1. The van der Waals surface area contributed by atoms with Crippen molar-refractivity contribution in [3.8, 4) is 23.0 Å². The second kappa shape index (κ2) is 8.57. The molecule has 0 aliphatic rings. The maximum Gasteiger partial charge on any atom is 0.311 e. The SMILES string of the molecule is O=C(O)CCCCC(=O)Oc1cccc(Oc2cccc(O)c2)c1.